The molecule has 1 spiro atoms. The maximum atomic E-state index is 13.1. The van der Waals surface area contributed by atoms with Crippen molar-refractivity contribution in [3.63, 3.8) is 0 Å². The molecule has 0 bridgehead atoms. The van der Waals surface area contributed by atoms with Crippen LogP contribution in [0.25, 0.3) is 0 Å². The largest absolute Gasteiger partial charge is 0.456 e. The highest BCUT2D eigenvalue weighted by Crippen LogP contribution is 2.58. The fourth-order valence-corrected chi connectivity index (χ4v) is 5.19. The molecule has 0 saturated heterocycles. The predicted molar refractivity (Wildman–Crippen MR) is 138 cm³/mol. The molecule has 0 aromatic heterocycles. The molecule has 0 radical (unpaired) electrons. The lowest BCUT2D eigenvalue weighted by Crippen LogP contribution is -2.34. The van der Waals surface area contributed by atoms with E-state index in [1.807, 2.05) is 76.5 Å². The minimum Gasteiger partial charge on any atom is -0.456 e. The van der Waals surface area contributed by atoms with E-state index in [0.717, 1.165) is 50.6 Å². The number of nitrogens with one attached hydrogen (secondary N) is 1. The summed E-state index contributed by atoms with van der Waals surface area (Å²) >= 11 is 0. The molecule has 5 nitrogen and oxygen atoms in total. The monoisotopic (exact) mass is 462 g/mol. The Kier molecular flexibility index (Phi) is 4.65. The Morgan fingerprint density at radius 3 is 2.29 bits per heavy atom. The molecule has 1 N–H and O–H groups in total. The van der Waals surface area contributed by atoms with E-state index in [0.29, 0.717) is 11.3 Å². The molecule has 5 heteroatoms. The van der Waals surface area contributed by atoms with E-state index < -0.39 is 5.60 Å². The van der Waals surface area contributed by atoms with Gasteiger partial charge in [0, 0.05) is 48.4 Å². The molecule has 2 aliphatic rings. The van der Waals surface area contributed by atoms with Gasteiger partial charge in [0.25, 0.3) is 0 Å². The Bertz CT molecular complexity index is 1490. The first-order chi connectivity index (χ1) is 16.9. The second-order valence-corrected chi connectivity index (χ2v) is 9.40. The van der Waals surface area contributed by atoms with Crippen LogP contribution in [0.2, 0.25) is 0 Å². The molecule has 35 heavy (non-hydrogen) atoms. The van der Waals surface area contributed by atoms with Gasteiger partial charge in [-0.3, -0.25) is 0 Å². The van der Waals surface area contributed by atoms with Crippen molar-refractivity contribution in [2.24, 2.45) is 0 Å². The van der Waals surface area contributed by atoms with Crippen LogP contribution in [0.1, 0.15) is 38.2 Å². The maximum absolute atomic E-state index is 13.1. The van der Waals surface area contributed by atoms with Crippen molar-refractivity contribution in [3.05, 3.63) is 112 Å². The summed E-state index contributed by atoms with van der Waals surface area (Å²) in [6.45, 7) is 4.06. The summed E-state index contributed by atoms with van der Waals surface area (Å²) in [5, 5.41) is 3.47. The normalized spacial score (nSPS) is 17.2. The number of anilines is 3. The lowest BCUT2D eigenvalue weighted by atomic mass is 9.75. The number of fused-ring (bicyclic) bond motifs is 6. The van der Waals surface area contributed by atoms with E-state index in [1.54, 1.807) is 0 Å². The number of esters is 1. The van der Waals surface area contributed by atoms with E-state index in [2.05, 4.69) is 40.5 Å². The summed E-state index contributed by atoms with van der Waals surface area (Å²) in [4.78, 5) is 15.1. The number of ether oxygens (including phenoxy) is 2. The summed E-state index contributed by atoms with van der Waals surface area (Å²) in [6.07, 6.45) is 0. The molecule has 0 aliphatic carbocycles. The Balaban J connectivity index is 1.51. The number of benzene rings is 4. The molecule has 1 unspecified atom stereocenters. The van der Waals surface area contributed by atoms with Gasteiger partial charge in [-0.15, -0.1) is 0 Å². The van der Waals surface area contributed by atoms with E-state index in [-0.39, 0.29) is 5.97 Å². The summed E-state index contributed by atoms with van der Waals surface area (Å²) in [5.74, 6) is 1.10. The Morgan fingerprint density at radius 1 is 0.800 bits per heavy atom. The molecular weight excluding hydrogens is 436 g/mol. The van der Waals surface area contributed by atoms with Crippen molar-refractivity contribution in [2.75, 3.05) is 24.3 Å². The molecular formula is C30H26N2O3. The van der Waals surface area contributed by atoms with E-state index >= 15 is 0 Å². The van der Waals surface area contributed by atoms with Gasteiger partial charge >= 0.3 is 5.97 Å². The molecule has 4 aromatic carbocycles. The zero-order valence-electron chi connectivity index (χ0n) is 20.2. The third-order valence-electron chi connectivity index (χ3n) is 6.93. The Morgan fingerprint density at radius 2 is 1.51 bits per heavy atom. The molecule has 0 fully saturated rings. The molecule has 0 saturated carbocycles. The van der Waals surface area contributed by atoms with Crippen LogP contribution < -0.4 is 15.0 Å². The zero-order valence-corrected chi connectivity index (χ0v) is 20.2. The minimum absolute atomic E-state index is 0.316. The molecule has 174 valence electrons. The van der Waals surface area contributed by atoms with Gasteiger partial charge in [-0.25, -0.2) is 4.79 Å². The quantitative estimate of drug-likeness (QED) is 0.344. The predicted octanol–water partition coefficient (Wildman–Crippen LogP) is 6.68. The van der Waals surface area contributed by atoms with Crippen molar-refractivity contribution >= 4 is 23.0 Å². The summed E-state index contributed by atoms with van der Waals surface area (Å²) in [5.41, 5.74) is 7.13. The van der Waals surface area contributed by atoms with E-state index in [4.69, 9.17) is 9.47 Å². The first-order valence-corrected chi connectivity index (χ1v) is 11.7. The number of hydrogen-bond donors (Lipinski definition) is 1. The highest BCUT2D eigenvalue weighted by atomic mass is 16.6. The molecule has 0 amide bonds. The number of nitrogens with zero attached hydrogens (tertiary/aromatic N) is 1. The van der Waals surface area contributed by atoms with Crippen LogP contribution in [0.5, 0.6) is 11.5 Å². The number of aryl methyl sites for hydroxylation is 2. The number of rotatable bonds is 3. The first-order valence-electron chi connectivity index (χ1n) is 11.7. The second kappa shape index (κ2) is 7.64. The van der Waals surface area contributed by atoms with Crippen LogP contribution >= 0.6 is 0 Å². The van der Waals surface area contributed by atoms with Crippen molar-refractivity contribution in [2.45, 2.75) is 19.4 Å². The molecule has 2 aliphatic heterocycles. The van der Waals surface area contributed by atoms with E-state index in [1.165, 1.54) is 0 Å². The third-order valence-corrected chi connectivity index (χ3v) is 6.93. The Labute approximate surface area is 204 Å². The zero-order chi connectivity index (χ0) is 24.3. The molecule has 6 rings (SSSR count). The molecule has 1 atom stereocenters. The van der Waals surface area contributed by atoms with Gasteiger partial charge < -0.3 is 19.7 Å². The highest BCUT2D eigenvalue weighted by molar-refractivity contribution is 5.97. The topological polar surface area (TPSA) is 50.8 Å². The first kappa shape index (κ1) is 21.3. The Hall–Kier alpha value is -4.25. The average molecular weight is 463 g/mol. The maximum Gasteiger partial charge on any atom is 0.340 e. The van der Waals surface area contributed by atoms with Gasteiger partial charge in [-0.2, -0.15) is 0 Å². The summed E-state index contributed by atoms with van der Waals surface area (Å²) in [6, 6.07) is 26.0. The second-order valence-electron chi connectivity index (χ2n) is 9.40. The lowest BCUT2D eigenvalue weighted by Gasteiger charge is -2.38. The summed E-state index contributed by atoms with van der Waals surface area (Å²) < 4.78 is 12.8. The van der Waals surface area contributed by atoms with Gasteiger partial charge in [0.05, 0.1) is 11.1 Å². The SMILES string of the molecule is Cc1ccc(C)c2c1Oc1cc(Nc3ccc(N(C)C)cc3)ccc1C21OC(=O)c2ccccc21. The van der Waals surface area contributed by atoms with Crippen LogP contribution in [0.3, 0.4) is 0 Å². The smallest absolute Gasteiger partial charge is 0.340 e. The van der Waals surface area contributed by atoms with Crippen LogP contribution in [0, 0.1) is 13.8 Å². The third kappa shape index (κ3) is 3.12. The van der Waals surface area contributed by atoms with Crippen molar-refractivity contribution < 1.29 is 14.3 Å². The van der Waals surface area contributed by atoms with Gasteiger partial charge in [0.1, 0.15) is 11.5 Å². The van der Waals surface area contributed by atoms with Gasteiger partial charge in [-0.1, -0.05) is 30.3 Å². The van der Waals surface area contributed by atoms with E-state index in [9.17, 15) is 4.79 Å². The van der Waals surface area contributed by atoms with Gasteiger partial charge in [-0.05, 0) is 67.4 Å². The van der Waals surface area contributed by atoms with Crippen LogP contribution in [-0.4, -0.2) is 20.1 Å². The molecule has 4 aromatic rings. The fourth-order valence-electron chi connectivity index (χ4n) is 5.19. The lowest BCUT2D eigenvalue weighted by molar-refractivity contribution is 0.0222. The highest BCUT2D eigenvalue weighted by Gasteiger charge is 2.54. The number of hydrogen-bond acceptors (Lipinski definition) is 5. The molecule has 2 heterocycles. The number of carbonyl (C=O) groups is 1. The van der Waals surface area contributed by atoms with Crippen LogP contribution in [0.15, 0.2) is 78.9 Å². The van der Waals surface area contributed by atoms with Gasteiger partial charge in [0.15, 0.2) is 5.60 Å². The van der Waals surface area contributed by atoms with Crippen LogP contribution in [-0.2, 0) is 10.3 Å². The standard InChI is InChI=1S/C30H26N2O3/c1-18-9-10-19(2)28-27(18)30(24-8-6-5-7-23(24)29(33)35-30)25-16-13-21(17-26(25)34-28)31-20-11-14-22(15-12-20)32(3)4/h5-17,31H,1-4H3. The minimum atomic E-state index is -1.04. The number of carbonyl (C=O) groups excluding carboxylic acids is 1. The van der Waals surface area contributed by atoms with Crippen LogP contribution in [0.4, 0.5) is 17.1 Å². The average Bonchev–Trinajstić information content (AvgIpc) is 3.14. The van der Waals surface area contributed by atoms with Gasteiger partial charge in [0.2, 0.25) is 0 Å². The van der Waals surface area contributed by atoms with Crippen molar-refractivity contribution in [1.29, 1.82) is 0 Å². The van der Waals surface area contributed by atoms with Crippen molar-refractivity contribution in [1.82, 2.24) is 0 Å². The fraction of sp³-hybridized carbons (Fsp3) is 0.167. The van der Waals surface area contributed by atoms with Crippen molar-refractivity contribution in [3.8, 4) is 11.5 Å². The summed E-state index contributed by atoms with van der Waals surface area (Å²) in [7, 11) is 4.04.